The summed E-state index contributed by atoms with van der Waals surface area (Å²) in [4.78, 5) is 0. The molecule has 0 saturated carbocycles. The van der Waals surface area contributed by atoms with Crippen molar-refractivity contribution in [3.05, 3.63) is 11.1 Å². The molecule has 2 N–H and O–H groups in total. The highest BCUT2D eigenvalue weighted by Gasteiger charge is 1.97. The van der Waals surface area contributed by atoms with Gasteiger partial charge in [-0.1, -0.05) is 18.9 Å². The lowest BCUT2D eigenvalue weighted by Crippen LogP contribution is -2.03. The third-order valence-electron chi connectivity index (χ3n) is 1.76. The number of nitrogens with zero attached hydrogens (tertiary/aromatic N) is 1. The molecule has 0 aliphatic rings. The molecular formula is C9H16N2. The molecular weight excluding hydrogens is 136 g/mol. The summed E-state index contributed by atoms with van der Waals surface area (Å²) in [5.74, 6) is 0. The van der Waals surface area contributed by atoms with E-state index in [1.807, 2.05) is 6.92 Å². The van der Waals surface area contributed by atoms with Gasteiger partial charge in [0.05, 0.1) is 6.07 Å². The Morgan fingerprint density at radius 2 is 2.18 bits per heavy atom. The second-order valence-corrected chi connectivity index (χ2v) is 2.68. The van der Waals surface area contributed by atoms with E-state index in [9.17, 15) is 0 Å². The Hall–Kier alpha value is -0.810. The topological polar surface area (TPSA) is 49.8 Å². The molecule has 62 valence electrons. The van der Waals surface area contributed by atoms with Crippen LogP contribution in [0.1, 0.15) is 33.1 Å². The van der Waals surface area contributed by atoms with E-state index in [-0.39, 0.29) is 0 Å². The normalized spacial score (nSPS) is 12.2. The molecule has 0 fully saturated rings. The van der Waals surface area contributed by atoms with Crippen LogP contribution in [-0.2, 0) is 0 Å². The largest absolute Gasteiger partial charge is 0.326 e. The molecule has 0 bridgehead atoms. The van der Waals surface area contributed by atoms with Crippen molar-refractivity contribution in [1.29, 1.82) is 5.26 Å². The number of nitriles is 1. The molecule has 0 aromatic heterocycles. The quantitative estimate of drug-likeness (QED) is 0.626. The van der Waals surface area contributed by atoms with Gasteiger partial charge in [0.15, 0.2) is 0 Å². The van der Waals surface area contributed by atoms with Crippen LogP contribution in [0.3, 0.4) is 0 Å². The summed E-state index contributed by atoms with van der Waals surface area (Å²) in [6.45, 7) is 4.51. The Morgan fingerprint density at radius 3 is 2.55 bits per heavy atom. The molecule has 0 aromatic rings. The van der Waals surface area contributed by atoms with Crippen LogP contribution in [0.5, 0.6) is 0 Å². The molecule has 0 aliphatic carbocycles. The highest BCUT2D eigenvalue weighted by molar-refractivity contribution is 5.27. The molecule has 0 unspecified atom stereocenters. The van der Waals surface area contributed by atoms with Crippen molar-refractivity contribution in [2.24, 2.45) is 5.73 Å². The maximum Gasteiger partial charge on any atom is 0.0960 e. The molecule has 2 nitrogen and oxygen atoms in total. The Bertz CT molecular complexity index is 174. The Morgan fingerprint density at radius 1 is 1.55 bits per heavy atom. The zero-order valence-corrected chi connectivity index (χ0v) is 7.35. The first-order chi connectivity index (χ1) is 5.26. The predicted molar refractivity (Wildman–Crippen MR) is 46.9 cm³/mol. The first-order valence-electron chi connectivity index (χ1n) is 4.05. The van der Waals surface area contributed by atoms with Crippen molar-refractivity contribution < 1.29 is 0 Å². The van der Waals surface area contributed by atoms with Crippen LogP contribution in [0.4, 0.5) is 0 Å². The lowest BCUT2D eigenvalue weighted by Gasteiger charge is -2.01. The first kappa shape index (κ1) is 10.2. The molecule has 11 heavy (non-hydrogen) atoms. The van der Waals surface area contributed by atoms with Gasteiger partial charge < -0.3 is 5.73 Å². The van der Waals surface area contributed by atoms with E-state index in [0.29, 0.717) is 6.54 Å². The number of hydrogen-bond acceptors (Lipinski definition) is 2. The summed E-state index contributed by atoms with van der Waals surface area (Å²) in [7, 11) is 0. The van der Waals surface area contributed by atoms with E-state index in [1.165, 1.54) is 6.42 Å². The van der Waals surface area contributed by atoms with Crippen molar-refractivity contribution in [1.82, 2.24) is 0 Å². The highest BCUT2D eigenvalue weighted by atomic mass is 14.5. The third kappa shape index (κ3) is 3.79. The summed E-state index contributed by atoms with van der Waals surface area (Å²) in [5.41, 5.74) is 7.27. The fourth-order valence-electron chi connectivity index (χ4n) is 0.908. The fourth-order valence-corrected chi connectivity index (χ4v) is 0.908. The van der Waals surface area contributed by atoms with Crippen molar-refractivity contribution in [2.45, 2.75) is 33.1 Å². The van der Waals surface area contributed by atoms with E-state index in [0.717, 1.165) is 24.0 Å². The van der Waals surface area contributed by atoms with E-state index >= 15 is 0 Å². The molecule has 0 atom stereocenters. The van der Waals surface area contributed by atoms with E-state index in [4.69, 9.17) is 11.0 Å². The average Bonchev–Trinajstić information content (AvgIpc) is 2.03. The smallest absolute Gasteiger partial charge is 0.0960 e. The molecule has 0 spiro atoms. The second kappa shape index (κ2) is 5.94. The van der Waals surface area contributed by atoms with Gasteiger partial charge in [0.1, 0.15) is 0 Å². The molecule has 0 saturated heterocycles. The van der Waals surface area contributed by atoms with Crippen molar-refractivity contribution in [2.75, 3.05) is 6.54 Å². The Kier molecular flexibility index (Phi) is 5.50. The molecule has 0 amide bonds. The molecule has 0 radical (unpaired) electrons. The van der Waals surface area contributed by atoms with Gasteiger partial charge >= 0.3 is 0 Å². The van der Waals surface area contributed by atoms with Crippen LogP contribution < -0.4 is 5.73 Å². The average molecular weight is 152 g/mol. The van der Waals surface area contributed by atoms with Crippen molar-refractivity contribution >= 4 is 0 Å². The maximum atomic E-state index is 8.61. The SMILES string of the molecule is CCCCC(C)=C(C#N)CN. The zero-order chi connectivity index (χ0) is 8.69. The lowest BCUT2D eigenvalue weighted by atomic mass is 10.1. The summed E-state index contributed by atoms with van der Waals surface area (Å²) in [5, 5.41) is 8.61. The van der Waals surface area contributed by atoms with E-state index < -0.39 is 0 Å². The van der Waals surface area contributed by atoms with Crippen molar-refractivity contribution in [3.8, 4) is 6.07 Å². The van der Waals surface area contributed by atoms with Gasteiger partial charge in [-0.05, 0) is 19.8 Å². The Labute approximate surface area is 68.7 Å². The standard InChI is InChI=1S/C9H16N2/c1-3-4-5-8(2)9(6-10)7-11/h3-6,10H2,1-2H3. The number of rotatable bonds is 4. The minimum absolute atomic E-state index is 0.381. The third-order valence-corrected chi connectivity index (χ3v) is 1.76. The second-order valence-electron chi connectivity index (χ2n) is 2.68. The number of nitrogens with two attached hydrogens (primary N) is 1. The van der Waals surface area contributed by atoms with Gasteiger partial charge in [-0.15, -0.1) is 0 Å². The molecule has 2 heteroatoms. The first-order valence-corrected chi connectivity index (χ1v) is 4.05. The predicted octanol–water partition coefficient (Wildman–Crippen LogP) is 1.98. The fraction of sp³-hybridized carbons (Fsp3) is 0.667. The highest BCUT2D eigenvalue weighted by Crippen LogP contribution is 2.10. The molecule has 0 rings (SSSR count). The molecule has 0 aromatic carbocycles. The summed E-state index contributed by atoms with van der Waals surface area (Å²) in [6.07, 6.45) is 3.33. The van der Waals surface area contributed by atoms with Gasteiger partial charge in [0, 0.05) is 12.1 Å². The van der Waals surface area contributed by atoms with Gasteiger partial charge in [-0.25, -0.2) is 0 Å². The van der Waals surface area contributed by atoms with Crippen LogP contribution in [0.15, 0.2) is 11.1 Å². The molecule has 0 heterocycles. The molecule has 0 aliphatic heterocycles. The lowest BCUT2D eigenvalue weighted by molar-refractivity contribution is 0.781. The van der Waals surface area contributed by atoms with Crippen LogP contribution >= 0.6 is 0 Å². The minimum atomic E-state index is 0.381. The number of allylic oxidation sites excluding steroid dienone is 1. The maximum absolute atomic E-state index is 8.61. The summed E-state index contributed by atoms with van der Waals surface area (Å²) < 4.78 is 0. The van der Waals surface area contributed by atoms with E-state index in [1.54, 1.807) is 0 Å². The van der Waals surface area contributed by atoms with Crippen molar-refractivity contribution in [3.63, 3.8) is 0 Å². The van der Waals surface area contributed by atoms with Crippen LogP contribution in [0, 0.1) is 11.3 Å². The number of hydrogen-bond donors (Lipinski definition) is 1. The number of unbranched alkanes of at least 4 members (excludes halogenated alkanes) is 1. The summed E-state index contributed by atoms with van der Waals surface area (Å²) in [6, 6.07) is 2.12. The van der Waals surface area contributed by atoms with Crippen LogP contribution in [0.2, 0.25) is 0 Å². The minimum Gasteiger partial charge on any atom is -0.326 e. The van der Waals surface area contributed by atoms with Gasteiger partial charge in [0.2, 0.25) is 0 Å². The van der Waals surface area contributed by atoms with Gasteiger partial charge in [-0.3, -0.25) is 0 Å². The zero-order valence-electron chi connectivity index (χ0n) is 7.35. The van der Waals surface area contributed by atoms with Gasteiger partial charge in [-0.2, -0.15) is 5.26 Å². The summed E-state index contributed by atoms with van der Waals surface area (Å²) >= 11 is 0. The van der Waals surface area contributed by atoms with Crippen LogP contribution in [-0.4, -0.2) is 6.54 Å². The van der Waals surface area contributed by atoms with Crippen LogP contribution in [0.25, 0.3) is 0 Å². The monoisotopic (exact) mass is 152 g/mol. The van der Waals surface area contributed by atoms with E-state index in [2.05, 4.69) is 13.0 Å². The Balaban J connectivity index is 4.04. The van der Waals surface area contributed by atoms with Gasteiger partial charge in [0.25, 0.3) is 0 Å².